The van der Waals surface area contributed by atoms with E-state index in [1.54, 1.807) is 24.3 Å². The summed E-state index contributed by atoms with van der Waals surface area (Å²) in [7, 11) is 0. The molecule has 0 fully saturated rings. The van der Waals surface area contributed by atoms with Gasteiger partial charge in [0.2, 0.25) is 0 Å². The first-order valence-corrected chi connectivity index (χ1v) is 5.22. The Balaban J connectivity index is 2.40. The summed E-state index contributed by atoms with van der Waals surface area (Å²) in [6.45, 7) is 0. The number of para-hydroxylation sites is 1. The van der Waals surface area contributed by atoms with Gasteiger partial charge in [0.1, 0.15) is 5.82 Å². The van der Waals surface area contributed by atoms with Crippen LogP contribution in [0.3, 0.4) is 0 Å². The topological polar surface area (TPSA) is 38.0 Å². The van der Waals surface area contributed by atoms with Crippen molar-refractivity contribution < 1.29 is 8.78 Å². The van der Waals surface area contributed by atoms with Gasteiger partial charge in [0, 0.05) is 6.07 Å². The molecule has 0 aromatic heterocycles. The van der Waals surface area contributed by atoms with Gasteiger partial charge in [-0.05, 0) is 18.2 Å². The zero-order valence-electron chi connectivity index (χ0n) is 8.68. The SMILES string of the molecule is Nc1c(F)cc(F)cc1Nc1ccccc1Cl. The van der Waals surface area contributed by atoms with E-state index in [9.17, 15) is 8.78 Å². The second-order valence-electron chi connectivity index (χ2n) is 3.45. The molecule has 5 heteroatoms. The van der Waals surface area contributed by atoms with Crippen LogP contribution < -0.4 is 11.1 Å². The van der Waals surface area contributed by atoms with Gasteiger partial charge in [0.05, 0.1) is 22.1 Å². The van der Waals surface area contributed by atoms with Crippen LogP contribution in [0.4, 0.5) is 25.8 Å². The van der Waals surface area contributed by atoms with Gasteiger partial charge in [-0.3, -0.25) is 0 Å². The monoisotopic (exact) mass is 254 g/mol. The molecule has 88 valence electrons. The third-order valence-corrected chi connectivity index (χ3v) is 2.57. The first-order chi connectivity index (χ1) is 8.08. The summed E-state index contributed by atoms with van der Waals surface area (Å²) >= 11 is 5.92. The molecule has 0 radical (unpaired) electrons. The lowest BCUT2D eigenvalue weighted by Crippen LogP contribution is -2.00. The lowest BCUT2D eigenvalue weighted by molar-refractivity contribution is 0.587. The Morgan fingerprint density at radius 2 is 1.76 bits per heavy atom. The van der Waals surface area contributed by atoms with Gasteiger partial charge in [-0.2, -0.15) is 0 Å². The summed E-state index contributed by atoms with van der Waals surface area (Å²) in [5, 5.41) is 3.23. The predicted octanol–water partition coefficient (Wildman–Crippen LogP) is 3.94. The summed E-state index contributed by atoms with van der Waals surface area (Å²) in [4.78, 5) is 0. The van der Waals surface area contributed by atoms with Crippen LogP contribution in [0.1, 0.15) is 0 Å². The molecule has 0 aliphatic carbocycles. The normalized spacial score (nSPS) is 10.3. The van der Waals surface area contributed by atoms with Gasteiger partial charge < -0.3 is 11.1 Å². The first-order valence-electron chi connectivity index (χ1n) is 4.84. The molecular formula is C12H9ClF2N2. The van der Waals surface area contributed by atoms with Gasteiger partial charge in [-0.25, -0.2) is 8.78 Å². The highest BCUT2D eigenvalue weighted by Gasteiger charge is 2.09. The van der Waals surface area contributed by atoms with E-state index >= 15 is 0 Å². The maximum Gasteiger partial charge on any atom is 0.151 e. The van der Waals surface area contributed by atoms with E-state index in [0.717, 1.165) is 12.1 Å². The van der Waals surface area contributed by atoms with E-state index in [1.165, 1.54) is 0 Å². The van der Waals surface area contributed by atoms with Gasteiger partial charge in [-0.1, -0.05) is 23.7 Å². The Bertz CT molecular complexity index is 558. The van der Waals surface area contributed by atoms with Crippen LogP contribution in [-0.2, 0) is 0 Å². The van der Waals surface area contributed by atoms with Crippen LogP contribution >= 0.6 is 11.6 Å². The number of benzene rings is 2. The quantitative estimate of drug-likeness (QED) is 0.797. The molecule has 0 saturated carbocycles. The molecule has 17 heavy (non-hydrogen) atoms. The van der Waals surface area contributed by atoms with Crippen LogP contribution in [0, 0.1) is 11.6 Å². The fourth-order valence-corrected chi connectivity index (χ4v) is 1.58. The van der Waals surface area contributed by atoms with Crippen molar-refractivity contribution in [3.8, 4) is 0 Å². The zero-order valence-corrected chi connectivity index (χ0v) is 9.43. The maximum atomic E-state index is 13.2. The van der Waals surface area contributed by atoms with E-state index in [2.05, 4.69) is 5.32 Å². The van der Waals surface area contributed by atoms with Gasteiger partial charge in [0.25, 0.3) is 0 Å². The van der Waals surface area contributed by atoms with E-state index in [4.69, 9.17) is 17.3 Å². The molecule has 0 unspecified atom stereocenters. The molecule has 3 N–H and O–H groups in total. The molecule has 2 nitrogen and oxygen atoms in total. The minimum absolute atomic E-state index is 0.147. The molecule has 0 atom stereocenters. The summed E-state index contributed by atoms with van der Waals surface area (Å²) in [5.74, 6) is -1.51. The first kappa shape index (κ1) is 11.7. The third kappa shape index (κ3) is 2.47. The number of halogens is 3. The highest BCUT2D eigenvalue weighted by Crippen LogP contribution is 2.30. The molecule has 0 saturated heterocycles. The number of nitrogens with two attached hydrogens (primary N) is 1. The fourth-order valence-electron chi connectivity index (χ4n) is 1.40. The summed E-state index contributed by atoms with van der Waals surface area (Å²) in [6.07, 6.45) is 0. The molecule has 0 bridgehead atoms. The lowest BCUT2D eigenvalue weighted by atomic mass is 10.2. The van der Waals surface area contributed by atoms with E-state index < -0.39 is 11.6 Å². The van der Waals surface area contributed by atoms with Crippen molar-refractivity contribution in [2.24, 2.45) is 0 Å². The Hall–Kier alpha value is -1.81. The Labute approximate surface area is 102 Å². The van der Waals surface area contributed by atoms with Gasteiger partial charge >= 0.3 is 0 Å². The molecule has 2 rings (SSSR count). The maximum absolute atomic E-state index is 13.2. The van der Waals surface area contributed by atoms with Crippen molar-refractivity contribution in [3.63, 3.8) is 0 Å². The Kier molecular flexibility index (Phi) is 3.15. The zero-order chi connectivity index (χ0) is 12.4. The minimum Gasteiger partial charge on any atom is -0.395 e. The molecule has 0 aliphatic heterocycles. The largest absolute Gasteiger partial charge is 0.395 e. The van der Waals surface area contributed by atoms with Gasteiger partial charge in [-0.15, -0.1) is 0 Å². The molecule has 0 aliphatic rings. The second-order valence-corrected chi connectivity index (χ2v) is 3.86. The van der Waals surface area contributed by atoms with Crippen molar-refractivity contribution in [2.45, 2.75) is 0 Å². The van der Waals surface area contributed by atoms with E-state index in [-0.39, 0.29) is 11.4 Å². The van der Waals surface area contributed by atoms with Gasteiger partial charge in [0.15, 0.2) is 5.82 Å². The van der Waals surface area contributed by atoms with E-state index in [0.29, 0.717) is 10.7 Å². The van der Waals surface area contributed by atoms with Crippen LogP contribution in [0.25, 0.3) is 0 Å². The number of hydrogen-bond donors (Lipinski definition) is 2. The van der Waals surface area contributed by atoms with Crippen molar-refractivity contribution in [2.75, 3.05) is 11.1 Å². The average molecular weight is 255 g/mol. The van der Waals surface area contributed by atoms with Crippen LogP contribution in [-0.4, -0.2) is 0 Å². The summed E-state index contributed by atoms with van der Waals surface area (Å²) in [6, 6.07) is 8.69. The van der Waals surface area contributed by atoms with Crippen LogP contribution in [0.2, 0.25) is 5.02 Å². The standard InChI is InChI=1S/C12H9ClF2N2/c13-8-3-1-2-4-10(8)17-11-6-7(14)5-9(15)12(11)16/h1-6,17H,16H2. The number of hydrogen-bond acceptors (Lipinski definition) is 2. The lowest BCUT2D eigenvalue weighted by Gasteiger charge is -2.11. The average Bonchev–Trinajstić information content (AvgIpc) is 2.28. The number of rotatable bonds is 2. The summed E-state index contributed by atoms with van der Waals surface area (Å²) < 4.78 is 26.2. The molecular weight excluding hydrogens is 246 g/mol. The predicted molar refractivity (Wildman–Crippen MR) is 65.5 cm³/mol. The van der Waals surface area contributed by atoms with Crippen molar-refractivity contribution in [1.29, 1.82) is 0 Å². The minimum atomic E-state index is -0.806. The number of anilines is 3. The summed E-state index contributed by atoms with van der Waals surface area (Å²) in [5.41, 5.74) is 6.04. The van der Waals surface area contributed by atoms with Crippen molar-refractivity contribution >= 4 is 28.7 Å². The molecule has 0 heterocycles. The highest BCUT2D eigenvalue weighted by molar-refractivity contribution is 6.33. The Morgan fingerprint density at radius 1 is 1.06 bits per heavy atom. The smallest absolute Gasteiger partial charge is 0.151 e. The van der Waals surface area contributed by atoms with Crippen LogP contribution in [0.5, 0.6) is 0 Å². The van der Waals surface area contributed by atoms with Crippen LogP contribution in [0.15, 0.2) is 36.4 Å². The molecule has 2 aromatic rings. The highest BCUT2D eigenvalue weighted by atomic mass is 35.5. The number of nitrogens with one attached hydrogen (secondary N) is 1. The van der Waals surface area contributed by atoms with E-state index in [1.807, 2.05) is 0 Å². The molecule has 0 amide bonds. The number of nitrogen functional groups attached to an aromatic ring is 1. The Morgan fingerprint density at radius 3 is 2.47 bits per heavy atom. The van der Waals surface area contributed by atoms with Crippen molar-refractivity contribution in [3.05, 3.63) is 53.1 Å². The second kappa shape index (κ2) is 4.59. The fraction of sp³-hybridized carbons (Fsp3) is 0. The molecule has 0 spiro atoms. The molecule has 2 aromatic carbocycles. The van der Waals surface area contributed by atoms with Crippen molar-refractivity contribution in [1.82, 2.24) is 0 Å². The third-order valence-electron chi connectivity index (χ3n) is 2.24.